The summed E-state index contributed by atoms with van der Waals surface area (Å²) in [5.41, 5.74) is 15.3. The van der Waals surface area contributed by atoms with Crippen molar-refractivity contribution in [1.29, 1.82) is 0 Å². The lowest BCUT2D eigenvalue weighted by Gasteiger charge is -2.52. The Morgan fingerprint density at radius 2 is 1.55 bits per heavy atom. The van der Waals surface area contributed by atoms with Gasteiger partial charge in [0.2, 0.25) is 0 Å². The van der Waals surface area contributed by atoms with Gasteiger partial charge in [0.1, 0.15) is 5.58 Å². The molecule has 3 aromatic rings. The second-order valence-corrected chi connectivity index (χ2v) is 22.6. The molecule has 2 aromatic carbocycles. The second kappa shape index (κ2) is 15.8. The highest BCUT2D eigenvalue weighted by atomic mass is 16.3. The van der Waals surface area contributed by atoms with Crippen molar-refractivity contribution in [3.8, 4) is 0 Å². The second-order valence-electron chi connectivity index (χ2n) is 22.6. The molecule has 0 radical (unpaired) electrons. The van der Waals surface area contributed by atoms with Gasteiger partial charge >= 0.3 is 0 Å². The Morgan fingerprint density at radius 3 is 2.25 bits per heavy atom. The SMILES string of the molecule is C/C=C/C1C(/C(C)=C/N2C(C)=C(/C=C3\CC(C)CCC3C)B(c3cc4cc5c(cc4o3)C(C)(C)CCC5(C)C)C3=C2C=CCC3Nc2ccccc2)C(C)(C)CCC1(C)C. The van der Waals surface area contributed by atoms with Crippen LogP contribution in [0, 0.1) is 34.5 Å². The Hall–Kier alpha value is -3.92. The molecule has 1 aliphatic heterocycles. The molecule has 0 spiro atoms. The van der Waals surface area contributed by atoms with E-state index in [0.29, 0.717) is 23.7 Å². The van der Waals surface area contributed by atoms with E-state index < -0.39 is 0 Å². The molecular formula is C56H75BN2O. The molecule has 0 bridgehead atoms. The minimum absolute atomic E-state index is 0.0284. The Morgan fingerprint density at radius 1 is 0.867 bits per heavy atom. The van der Waals surface area contributed by atoms with Gasteiger partial charge in [-0.05, 0) is 176 Å². The lowest BCUT2D eigenvalue weighted by Crippen LogP contribution is -2.48. The van der Waals surface area contributed by atoms with Gasteiger partial charge in [-0.3, -0.25) is 0 Å². The van der Waals surface area contributed by atoms with E-state index >= 15 is 0 Å². The van der Waals surface area contributed by atoms with E-state index in [2.05, 4.69) is 185 Å². The first-order valence-corrected chi connectivity index (χ1v) is 23.6. The lowest BCUT2D eigenvalue weighted by molar-refractivity contribution is 0.0273. The van der Waals surface area contributed by atoms with E-state index in [4.69, 9.17) is 4.42 Å². The van der Waals surface area contributed by atoms with Crippen molar-refractivity contribution >= 4 is 29.0 Å². The molecule has 318 valence electrons. The van der Waals surface area contributed by atoms with Gasteiger partial charge in [-0.25, -0.2) is 0 Å². The fraction of sp³-hybridized carbons (Fsp3) is 0.536. The van der Waals surface area contributed by atoms with Crippen molar-refractivity contribution < 1.29 is 4.42 Å². The van der Waals surface area contributed by atoms with E-state index in [-0.39, 0.29) is 34.4 Å². The van der Waals surface area contributed by atoms with Gasteiger partial charge in [0.25, 0.3) is 6.71 Å². The lowest BCUT2D eigenvalue weighted by atomic mass is 9.34. The van der Waals surface area contributed by atoms with E-state index in [0.717, 1.165) is 29.8 Å². The number of hydrogen-bond acceptors (Lipinski definition) is 3. The van der Waals surface area contributed by atoms with Gasteiger partial charge in [-0.2, -0.15) is 0 Å². The number of allylic oxidation sites excluding steroid dienone is 8. The van der Waals surface area contributed by atoms with Crippen LogP contribution >= 0.6 is 0 Å². The number of para-hydroxylation sites is 1. The van der Waals surface area contributed by atoms with Crippen LogP contribution in [0.5, 0.6) is 0 Å². The highest BCUT2D eigenvalue weighted by Gasteiger charge is 2.48. The van der Waals surface area contributed by atoms with Gasteiger partial charge in [0.05, 0.1) is 5.66 Å². The zero-order chi connectivity index (χ0) is 42.9. The summed E-state index contributed by atoms with van der Waals surface area (Å²) in [7, 11) is 0. The highest BCUT2D eigenvalue weighted by molar-refractivity contribution is 6.86. The van der Waals surface area contributed by atoms with E-state index in [1.165, 1.54) is 83.0 Å². The van der Waals surface area contributed by atoms with Crippen LogP contribution in [-0.2, 0) is 10.8 Å². The highest BCUT2D eigenvalue weighted by Crippen LogP contribution is 2.56. The first-order chi connectivity index (χ1) is 28.3. The molecule has 2 saturated carbocycles. The van der Waals surface area contributed by atoms with E-state index in [1.54, 1.807) is 5.57 Å². The normalized spacial score (nSPS) is 29.4. The fourth-order valence-corrected chi connectivity index (χ4v) is 12.3. The van der Waals surface area contributed by atoms with Crippen LogP contribution in [0.2, 0.25) is 0 Å². The van der Waals surface area contributed by atoms with Crippen molar-refractivity contribution in [3.63, 3.8) is 0 Å². The number of benzene rings is 2. The summed E-state index contributed by atoms with van der Waals surface area (Å²) >= 11 is 0. The fourth-order valence-electron chi connectivity index (χ4n) is 12.3. The minimum atomic E-state index is -0.0284. The van der Waals surface area contributed by atoms with Crippen molar-refractivity contribution in [3.05, 3.63) is 130 Å². The summed E-state index contributed by atoms with van der Waals surface area (Å²) in [6, 6.07) is 18.3. The maximum absolute atomic E-state index is 7.31. The quantitative estimate of drug-likeness (QED) is 0.191. The zero-order valence-corrected chi connectivity index (χ0v) is 39.6. The number of rotatable bonds is 7. The molecule has 5 unspecified atom stereocenters. The van der Waals surface area contributed by atoms with Gasteiger partial charge in [-0.15, -0.1) is 0 Å². The maximum atomic E-state index is 7.31. The van der Waals surface area contributed by atoms with Crippen LogP contribution in [0.4, 0.5) is 5.69 Å². The molecule has 60 heavy (non-hydrogen) atoms. The van der Waals surface area contributed by atoms with Crippen LogP contribution < -0.4 is 11.0 Å². The maximum Gasteiger partial charge on any atom is 0.289 e. The summed E-state index contributed by atoms with van der Waals surface area (Å²) in [6.07, 6.45) is 24.4. The Bertz CT molecular complexity index is 2250. The minimum Gasteiger partial charge on any atom is -0.470 e. The summed E-state index contributed by atoms with van der Waals surface area (Å²) in [5, 5.41) is 5.30. The molecule has 4 aliphatic carbocycles. The third-order valence-corrected chi connectivity index (χ3v) is 16.3. The molecule has 0 saturated heterocycles. The zero-order valence-electron chi connectivity index (χ0n) is 39.6. The average Bonchev–Trinajstić information content (AvgIpc) is 3.61. The van der Waals surface area contributed by atoms with Crippen LogP contribution in [0.15, 0.2) is 123 Å². The summed E-state index contributed by atoms with van der Waals surface area (Å²) < 4.78 is 7.31. The summed E-state index contributed by atoms with van der Waals surface area (Å²) in [4.78, 5) is 2.61. The van der Waals surface area contributed by atoms with Gasteiger partial charge in [-0.1, -0.05) is 123 Å². The third-order valence-electron chi connectivity index (χ3n) is 16.3. The predicted molar refractivity (Wildman–Crippen MR) is 259 cm³/mol. The van der Waals surface area contributed by atoms with Gasteiger partial charge < -0.3 is 14.6 Å². The van der Waals surface area contributed by atoms with Crippen LogP contribution in [0.25, 0.3) is 11.0 Å². The van der Waals surface area contributed by atoms with Crippen LogP contribution in [-0.4, -0.2) is 17.7 Å². The number of nitrogens with one attached hydrogen (secondary N) is 1. The third kappa shape index (κ3) is 7.77. The van der Waals surface area contributed by atoms with Gasteiger partial charge in [0, 0.05) is 34.7 Å². The Kier molecular flexibility index (Phi) is 11.2. The van der Waals surface area contributed by atoms with Crippen molar-refractivity contribution in [2.24, 2.45) is 34.5 Å². The number of fused-ring (bicyclic) bond motifs is 2. The molecule has 2 heterocycles. The molecule has 0 amide bonds. The average molecular weight is 803 g/mol. The number of nitrogens with zero attached hydrogens (tertiary/aromatic N) is 1. The summed E-state index contributed by atoms with van der Waals surface area (Å²) in [6.45, 7) is 31.7. The topological polar surface area (TPSA) is 28.4 Å². The summed E-state index contributed by atoms with van der Waals surface area (Å²) in [5.74, 6) is 2.15. The molecule has 8 rings (SSSR count). The first kappa shape index (κ1) is 42.8. The van der Waals surface area contributed by atoms with Crippen molar-refractivity contribution in [1.82, 2.24) is 4.90 Å². The predicted octanol–water partition coefficient (Wildman–Crippen LogP) is 14.8. The van der Waals surface area contributed by atoms with E-state index in [1.807, 2.05) is 0 Å². The number of hydrogen-bond donors (Lipinski definition) is 1. The number of furan rings is 1. The standard InChI is InChI=1S/C56H75BN2O/c1-14-19-43-51(56(12,13)29-28-53(43,6)7)38(4)35-59-39(5)46(32-40-30-36(2)24-25-37(40)3)57(52-47(22-18-23-48(52)59)58-42-20-16-15-17-21-42)50-33-41-31-44-45(34-49(41)60-50)55(10,11)27-26-54(44,8)9/h14-21,23,31-37,43,47,51,58H,22,24-30H2,1-13H3/b19-14+,38-35+,40-32+. The molecule has 1 aromatic heterocycles. The smallest absolute Gasteiger partial charge is 0.289 e. The molecule has 4 heteroatoms. The Balaban J connectivity index is 1.37. The van der Waals surface area contributed by atoms with Crippen molar-refractivity contribution in [2.75, 3.05) is 5.32 Å². The van der Waals surface area contributed by atoms with Crippen molar-refractivity contribution in [2.45, 2.75) is 158 Å². The molecule has 5 aliphatic rings. The monoisotopic (exact) mass is 803 g/mol. The molecule has 3 nitrogen and oxygen atoms in total. The van der Waals surface area contributed by atoms with Gasteiger partial charge in [0.15, 0.2) is 0 Å². The molecule has 2 fully saturated rings. The van der Waals surface area contributed by atoms with Crippen LogP contribution in [0.3, 0.4) is 0 Å². The first-order valence-electron chi connectivity index (χ1n) is 23.6. The van der Waals surface area contributed by atoms with Crippen LogP contribution in [0.1, 0.15) is 153 Å². The Labute approximate surface area is 364 Å². The largest absolute Gasteiger partial charge is 0.470 e. The molecule has 5 atom stereocenters. The van der Waals surface area contributed by atoms with E-state index in [9.17, 15) is 0 Å². The molecular weight excluding hydrogens is 727 g/mol. The molecule has 1 N–H and O–H groups in total. The number of anilines is 1.